The van der Waals surface area contributed by atoms with E-state index in [2.05, 4.69) is 37.4 Å². The van der Waals surface area contributed by atoms with Crippen LogP contribution in [0.15, 0.2) is 72.8 Å². The van der Waals surface area contributed by atoms with Crippen molar-refractivity contribution in [1.29, 1.82) is 0 Å². The van der Waals surface area contributed by atoms with E-state index in [1.165, 1.54) is 0 Å². The maximum Gasteiger partial charge on any atom is 0.333 e. The molecular formula is C30H34O8. The lowest BCUT2D eigenvalue weighted by molar-refractivity contribution is -0.141. The average Bonchev–Trinajstić information content (AvgIpc) is 2.91. The molecule has 0 radical (unpaired) electrons. The molecule has 0 fully saturated rings. The number of hydrogen-bond acceptors (Lipinski definition) is 8. The Morgan fingerprint density at radius 1 is 0.605 bits per heavy atom. The van der Waals surface area contributed by atoms with E-state index in [0.717, 1.165) is 21.5 Å². The lowest BCUT2D eigenvalue weighted by atomic mass is 10.0. The largest absolute Gasteiger partial charge is 0.491 e. The molecule has 0 saturated carbocycles. The molecule has 0 aliphatic carbocycles. The fourth-order valence-electron chi connectivity index (χ4n) is 3.49. The van der Waals surface area contributed by atoms with Crippen LogP contribution in [0.5, 0.6) is 11.5 Å². The lowest BCUT2D eigenvalue weighted by Crippen LogP contribution is -2.14. The van der Waals surface area contributed by atoms with Crippen LogP contribution in [0.4, 0.5) is 0 Å². The summed E-state index contributed by atoms with van der Waals surface area (Å²) in [7, 11) is 0. The molecule has 3 aromatic rings. The van der Waals surface area contributed by atoms with Crippen molar-refractivity contribution >= 4 is 33.5 Å². The van der Waals surface area contributed by atoms with Gasteiger partial charge in [0.05, 0.1) is 26.4 Å². The SMILES string of the molecule is C=C(C)C(=O)OCCOCCOc1ccc(OCCOCCOC(=O)C(=C)C)c2cc3ccccc3cc12. The number of fused-ring (bicyclic) bond motifs is 2. The van der Waals surface area contributed by atoms with Crippen LogP contribution in [-0.4, -0.2) is 64.8 Å². The van der Waals surface area contributed by atoms with Crippen molar-refractivity contribution in [3.05, 3.63) is 72.8 Å². The number of ether oxygens (including phenoxy) is 6. The molecule has 3 aromatic carbocycles. The number of carbonyl (C=O) groups excluding carboxylic acids is 2. The van der Waals surface area contributed by atoms with Crippen molar-refractivity contribution < 1.29 is 38.0 Å². The Labute approximate surface area is 222 Å². The topological polar surface area (TPSA) is 89.5 Å². The van der Waals surface area contributed by atoms with Gasteiger partial charge < -0.3 is 28.4 Å². The minimum atomic E-state index is -0.429. The van der Waals surface area contributed by atoms with Crippen molar-refractivity contribution in [3.63, 3.8) is 0 Å². The van der Waals surface area contributed by atoms with Gasteiger partial charge in [-0.15, -0.1) is 0 Å². The summed E-state index contributed by atoms with van der Waals surface area (Å²) in [4.78, 5) is 22.8. The van der Waals surface area contributed by atoms with Gasteiger partial charge in [0.1, 0.15) is 37.9 Å². The Balaban J connectivity index is 1.56. The number of carbonyl (C=O) groups is 2. The van der Waals surface area contributed by atoms with Gasteiger partial charge in [-0.25, -0.2) is 9.59 Å². The van der Waals surface area contributed by atoms with Gasteiger partial charge in [-0.05, 0) is 48.9 Å². The van der Waals surface area contributed by atoms with Crippen LogP contribution in [0, 0.1) is 0 Å². The maximum atomic E-state index is 11.4. The molecule has 0 heterocycles. The number of benzene rings is 3. The normalized spacial score (nSPS) is 10.8. The summed E-state index contributed by atoms with van der Waals surface area (Å²) < 4.78 is 33.1. The fourth-order valence-corrected chi connectivity index (χ4v) is 3.49. The molecule has 0 N–H and O–H groups in total. The molecule has 202 valence electrons. The van der Waals surface area contributed by atoms with Crippen molar-refractivity contribution in [1.82, 2.24) is 0 Å². The molecule has 8 nitrogen and oxygen atoms in total. The van der Waals surface area contributed by atoms with Crippen molar-refractivity contribution in [2.24, 2.45) is 0 Å². The van der Waals surface area contributed by atoms with E-state index in [4.69, 9.17) is 28.4 Å². The highest BCUT2D eigenvalue weighted by Crippen LogP contribution is 2.36. The third-order valence-electron chi connectivity index (χ3n) is 5.39. The fraction of sp³-hybridized carbons (Fsp3) is 0.333. The van der Waals surface area contributed by atoms with Crippen LogP contribution in [0.25, 0.3) is 21.5 Å². The molecule has 0 unspecified atom stereocenters. The van der Waals surface area contributed by atoms with Gasteiger partial charge in [0.2, 0.25) is 0 Å². The third-order valence-corrected chi connectivity index (χ3v) is 5.39. The van der Waals surface area contributed by atoms with Crippen LogP contribution in [0.1, 0.15) is 13.8 Å². The summed E-state index contributed by atoms with van der Waals surface area (Å²) >= 11 is 0. The maximum absolute atomic E-state index is 11.4. The van der Waals surface area contributed by atoms with Crippen LogP contribution in [0.2, 0.25) is 0 Å². The first-order chi connectivity index (χ1) is 18.4. The number of esters is 2. The highest BCUT2D eigenvalue weighted by molar-refractivity contribution is 6.03. The first-order valence-corrected chi connectivity index (χ1v) is 12.4. The minimum absolute atomic E-state index is 0.163. The predicted octanol–water partition coefficient (Wildman–Crippen LogP) is 5.02. The average molecular weight is 523 g/mol. The van der Waals surface area contributed by atoms with Gasteiger partial charge in [-0.2, -0.15) is 0 Å². The molecule has 0 spiro atoms. The van der Waals surface area contributed by atoms with Crippen molar-refractivity contribution in [2.75, 3.05) is 52.9 Å². The summed E-state index contributed by atoms with van der Waals surface area (Å²) in [6.45, 7) is 12.5. The second-order valence-electron chi connectivity index (χ2n) is 8.56. The molecular weight excluding hydrogens is 488 g/mol. The Kier molecular flexibility index (Phi) is 11.1. The molecule has 38 heavy (non-hydrogen) atoms. The lowest BCUT2D eigenvalue weighted by Gasteiger charge is -2.15. The van der Waals surface area contributed by atoms with E-state index < -0.39 is 11.9 Å². The van der Waals surface area contributed by atoms with Gasteiger partial charge in [-0.1, -0.05) is 37.4 Å². The first-order valence-electron chi connectivity index (χ1n) is 12.4. The van der Waals surface area contributed by atoms with E-state index in [0.29, 0.717) is 49.1 Å². The predicted molar refractivity (Wildman–Crippen MR) is 146 cm³/mol. The van der Waals surface area contributed by atoms with Gasteiger partial charge in [0.15, 0.2) is 0 Å². The molecule has 8 heteroatoms. The number of rotatable bonds is 16. The Morgan fingerprint density at radius 2 is 1.00 bits per heavy atom. The molecule has 0 aliphatic heterocycles. The minimum Gasteiger partial charge on any atom is -0.491 e. The quantitative estimate of drug-likeness (QED) is 0.112. The van der Waals surface area contributed by atoms with Gasteiger partial charge >= 0.3 is 11.9 Å². The van der Waals surface area contributed by atoms with Crippen molar-refractivity contribution in [2.45, 2.75) is 13.8 Å². The van der Waals surface area contributed by atoms with E-state index >= 15 is 0 Å². The van der Waals surface area contributed by atoms with E-state index in [-0.39, 0.29) is 26.4 Å². The zero-order valence-electron chi connectivity index (χ0n) is 22.0. The van der Waals surface area contributed by atoms with Gasteiger partial charge in [0, 0.05) is 21.9 Å². The molecule has 0 bridgehead atoms. The van der Waals surface area contributed by atoms with E-state index in [9.17, 15) is 9.59 Å². The van der Waals surface area contributed by atoms with E-state index in [1.807, 2.05) is 24.3 Å². The van der Waals surface area contributed by atoms with Crippen LogP contribution < -0.4 is 9.47 Å². The number of hydrogen-bond donors (Lipinski definition) is 0. The third kappa shape index (κ3) is 8.61. The summed E-state index contributed by atoms with van der Waals surface area (Å²) in [6, 6.07) is 16.0. The van der Waals surface area contributed by atoms with Crippen LogP contribution in [0.3, 0.4) is 0 Å². The molecule has 3 rings (SSSR count). The summed E-state index contributed by atoms with van der Waals surface area (Å²) in [6.07, 6.45) is 0. The second kappa shape index (κ2) is 14.8. The zero-order valence-corrected chi connectivity index (χ0v) is 22.0. The highest BCUT2D eigenvalue weighted by atomic mass is 16.6. The molecule has 0 aromatic heterocycles. The summed E-state index contributed by atoms with van der Waals surface area (Å²) in [5.74, 6) is 0.569. The summed E-state index contributed by atoms with van der Waals surface area (Å²) in [5.41, 5.74) is 0.712. The second-order valence-corrected chi connectivity index (χ2v) is 8.56. The van der Waals surface area contributed by atoms with Crippen molar-refractivity contribution in [3.8, 4) is 11.5 Å². The molecule has 0 aliphatic rings. The smallest absolute Gasteiger partial charge is 0.333 e. The van der Waals surface area contributed by atoms with Gasteiger partial charge in [-0.3, -0.25) is 0 Å². The van der Waals surface area contributed by atoms with Crippen LogP contribution in [-0.2, 0) is 28.5 Å². The van der Waals surface area contributed by atoms with Crippen LogP contribution >= 0.6 is 0 Å². The van der Waals surface area contributed by atoms with Gasteiger partial charge in [0.25, 0.3) is 0 Å². The highest BCUT2D eigenvalue weighted by Gasteiger charge is 2.11. The molecule has 0 atom stereocenters. The molecule has 0 saturated heterocycles. The standard InChI is InChI=1S/C30H34O8/c1-21(2)29(31)37-17-13-33-11-15-35-27-9-10-28(36-16-12-34-14-18-38-30(32)22(3)4)26-20-24-8-6-5-7-23(24)19-25(26)27/h5-10,19-20H,1,3,11-18H2,2,4H3. The zero-order chi connectivity index (χ0) is 27.3. The monoisotopic (exact) mass is 522 g/mol. The Morgan fingerprint density at radius 3 is 1.39 bits per heavy atom. The molecule has 0 amide bonds. The summed E-state index contributed by atoms with van der Waals surface area (Å²) in [5, 5.41) is 4.02. The Hall–Kier alpha value is -3.88. The Bertz CT molecular complexity index is 1180. The van der Waals surface area contributed by atoms with E-state index in [1.54, 1.807) is 13.8 Å². The first kappa shape index (κ1) is 28.7.